The summed E-state index contributed by atoms with van der Waals surface area (Å²) < 4.78 is 6.97. The zero-order chi connectivity index (χ0) is 14.8. The molecule has 2 aliphatic rings. The van der Waals surface area contributed by atoms with Crippen molar-refractivity contribution in [2.45, 2.75) is 38.8 Å². The molecule has 2 atom stereocenters. The lowest BCUT2D eigenvalue weighted by Crippen LogP contribution is -2.42. The summed E-state index contributed by atoms with van der Waals surface area (Å²) in [6.45, 7) is 6.49. The third kappa shape index (κ3) is 3.61. The van der Waals surface area contributed by atoms with Gasteiger partial charge in [0, 0.05) is 35.6 Å². The van der Waals surface area contributed by atoms with Gasteiger partial charge in [-0.3, -0.25) is 0 Å². The minimum Gasteiger partial charge on any atom is -0.493 e. The fourth-order valence-corrected chi connectivity index (χ4v) is 4.08. The van der Waals surface area contributed by atoms with Gasteiger partial charge >= 0.3 is 0 Å². The molecule has 0 amide bonds. The van der Waals surface area contributed by atoms with Crippen LogP contribution < -0.4 is 10.1 Å². The molecule has 1 aromatic rings. The molecular formula is C17H25BrN2O. The fraction of sp³-hybridized carbons (Fsp3) is 0.647. The summed E-state index contributed by atoms with van der Waals surface area (Å²) in [7, 11) is 2.23. The number of nitrogens with one attached hydrogen (secondary N) is 1. The average molecular weight is 353 g/mol. The zero-order valence-electron chi connectivity index (χ0n) is 13.0. The van der Waals surface area contributed by atoms with Gasteiger partial charge in [0.15, 0.2) is 0 Å². The zero-order valence-corrected chi connectivity index (χ0v) is 14.6. The standard InChI is InChI=1S/C17H25BrN2O/c1-12(14-4-3-6-20(2)11-14)19-10-15-9-16(18)8-13-5-7-21-17(13)15/h8-9,12,14,19H,3-7,10-11H2,1-2H3. The van der Waals surface area contributed by atoms with Crippen molar-refractivity contribution in [2.75, 3.05) is 26.7 Å². The summed E-state index contributed by atoms with van der Waals surface area (Å²) in [4.78, 5) is 2.45. The number of hydrogen-bond acceptors (Lipinski definition) is 3. The van der Waals surface area contributed by atoms with Crippen molar-refractivity contribution in [1.29, 1.82) is 0 Å². The maximum atomic E-state index is 5.81. The lowest BCUT2D eigenvalue weighted by molar-refractivity contribution is 0.178. The Morgan fingerprint density at radius 2 is 2.33 bits per heavy atom. The van der Waals surface area contributed by atoms with Crippen molar-refractivity contribution in [3.8, 4) is 5.75 Å². The van der Waals surface area contributed by atoms with Gasteiger partial charge in [-0.25, -0.2) is 0 Å². The van der Waals surface area contributed by atoms with Crippen LogP contribution in [0.2, 0.25) is 0 Å². The molecule has 116 valence electrons. The summed E-state index contributed by atoms with van der Waals surface area (Å²) in [6.07, 6.45) is 3.69. The molecule has 4 heteroatoms. The van der Waals surface area contributed by atoms with Crippen LogP contribution >= 0.6 is 15.9 Å². The van der Waals surface area contributed by atoms with E-state index in [1.54, 1.807) is 0 Å². The molecule has 3 rings (SSSR count). The quantitative estimate of drug-likeness (QED) is 0.900. The van der Waals surface area contributed by atoms with Crippen molar-refractivity contribution in [2.24, 2.45) is 5.92 Å². The number of piperidine rings is 1. The van der Waals surface area contributed by atoms with E-state index in [9.17, 15) is 0 Å². The molecule has 2 unspecified atom stereocenters. The van der Waals surface area contributed by atoms with Gasteiger partial charge in [-0.15, -0.1) is 0 Å². The Labute approximate surface area is 136 Å². The fourth-order valence-electron chi connectivity index (χ4n) is 3.53. The predicted molar refractivity (Wildman–Crippen MR) is 89.9 cm³/mol. The highest BCUT2D eigenvalue weighted by Gasteiger charge is 2.23. The first-order valence-electron chi connectivity index (χ1n) is 7.99. The first kappa shape index (κ1) is 15.3. The van der Waals surface area contributed by atoms with Crippen LogP contribution in [0.5, 0.6) is 5.75 Å². The number of ether oxygens (including phenoxy) is 1. The van der Waals surface area contributed by atoms with Crippen LogP contribution in [0.1, 0.15) is 30.9 Å². The number of benzene rings is 1. The molecule has 1 N–H and O–H groups in total. The summed E-state index contributed by atoms with van der Waals surface area (Å²) in [6, 6.07) is 4.92. The third-order valence-corrected chi connectivity index (χ3v) is 5.27. The molecule has 2 heterocycles. The second-order valence-electron chi connectivity index (χ2n) is 6.49. The molecule has 0 spiro atoms. The Bertz CT molecular complexity index is 506. The Balaban J connectivity index is 1.62. The van der Waals surface area contributed by atoms with Gasteiger partial charge in [-0.2, -0.15) is 0 Å². The van der Waals surface area contributed by atoms with Gasteiger partial charge in [-0.1, -0.05) is 15.9 Å². The maximum absolute atomic E-state index is 5.81. The molecule has 0 aliphatic carbocycles. The van der Waals surface area contributed by atoms with E-state index >= 15 is 0 Å². The average Bonchev–Trinajstić information content (AvgIpc) is 2.92. The number of halogens is 1. The molecule has 1 saturated heterocycles. The van der Waals surface area contributed by atoms with Crippen LogP contribution in [-0.4, -0.2) is 37.7 Å². The van der Waals surface area contributed by atoms with Crippen LogP contribution in [0.3, 0.4) is 0 Å². The number of nitrogens with zero attached hydrogens (tertiary/aromatic N) is 1. The van der Waals surface area contributed by atoms with E-state index in [1.807, 2.05) is 0 Å². The molecule has 3 nitrogen and oxygen atoms in total. The third-order valence-electron chi connectivity index (χ3n) is 4.81. The van der Waals surface area contributed by atoms with E-state index in [-0.39, 0.29) is 0 Å². The molecule has 21 heavy (non-hydrogen) atoms. The first-order valence-corrected chi connectivity index (χ1v) is 8.79. The van der Waals surface area contributed by atoms with Crippen molar-refractivity contribution < 1.29 is 4.74 Å². The van der Waals surface area contributed by atoms with E-state index in [0.29, 0.717) is 6.04 Å². The predicted octanol–water partition coefficient (Wildman–Crippen LogP) is 3.20. The smallest absolute Gasteiger partial charge is 0.127 e. The monoisotopic (exact) mass is 352 g/mol. The lowest BCUT2D eigenvalue weighted by Gasteiger charge is -2.34. The van der Waals surface area contributed by atoms with Crippen LogP contribution in [0.25, 0.3) is 0 Å². The normalized spacial score (nSPS) is 23.7. The highest BCUT2D eigenvalue weighted by atomic mass is 79.9. The van der Waals surface area contributed by atoms with E-state index in [1.165, 1.54) is 37.1 Å². The van der Waals surface area contributed by atoms with Gasteiger partial charge in [0.05, 0.1) is 6.61 Å². The van der Waals surface area contributed by atoms with Crippen LogP contribution in [-0.2, 0) is 13.0 Å². The van der Waals surface area contributed by atoms with E-state index < -0.39 is 0 Å². The Hall–Kier alpha value is -0.580. The summed E-state index contributed by atoms with van der Waals surface area (Å²) in [5.74, 6) is 1.86. The summed E-state index contributed by atoms with van der Waals surface area (Å²) in [5.41, 5.74) is 2.62. The Morgan fingerprint density at radius 1 is 1.48 bits per heavy atom. The van der Waals surface area contributed by atoms with Gasteiger partial charge in [0.2, 0.25) is 0 Å². The highest BCUT2D eigenvalue weighted by molar-refractivity contribution is 9.10. The van der Waals surface area contributed by atoms with Gasteiger partial charge < -0.3 is 15.0 Å². The molecule has 1 aromatic carbocycles. The summed E-state index contributed by atoms with van der Waals surface area (Å²) in [5, 5.41) is 3.72. The van der Waals surface area contributed by atoms with Gasteiger partial charge in [-0.05, 0) is 57.0 Å². The molecule has 0 aromatic heterocycles. The van der Waals surface area contributed by atoms with Crippen molar-refractivity contribution in [1.82, 2.24) is 10.2 Å². The van der Waals surface area contributed by atoms with Crippen LogP contribution in [0, 0.1) is 5.92 Å². The molecule has 0 bridgehead atoms. The molecule has 0 saturated carbocycles. The Morgan fingerprint density at radius 3 is 3.14 bits per heavy atom. The van der Waals surface area contributed by atoms with E-state index in [0.717, 1.165) is 35.7 Å². The summed E-state index contributed by atoms with van der Waals surface area (Å²) >= 11 is 3.62. The second kappa shape index (κ2) is 6.67. The van der Waals surface area contributed by atoms with Crippen LogP contribution in [0.15, 0.2) is 16.6 Å². The van der Waals surface area contributed by atoms with Gasteiger partial charge in [0.25, 0.3) is 0 Å². The maximum Gasteiger partial charge on any atom is 0.127 e. The molecular weight excluding hydrogens is 328 g/mol. The van der Waals surface area contributed by atoms with E-state index in [2.05, 4.69) is 52.3 Å². The minimum absolute atomic E-state index is 0.545. The highest BCUT2D eigenvalue weighted by Crippen LogP contribution is 2.33. The topological polar surface area (TPSA) is 24.5 Å². The number of likely N-dealkylation sites (tertiary alicyclic amines) is 1. The van der Waals surface area contributed by atoms with Crippen molar-refractivity contribution in [3.05, 3.63) is 27.7 Å². The Kier molecular flexibility index (Phi) is 4.87. The number of hydrogen-bond donors (Lipinski definition) is 1. The van der Waals surface area contributed by atoms with E-state index in [4.69, 9.17) is 4.74 Å². The van der Waals surface area contributed by atoms with Crippen molar-refractivity contribution in [3.63, 3.8) is 0 Å². The molecule has 1 fully saturated rings. The largest absolute Gasteiger partial charge is 0.493 e. The lowest BCUT2D eigenvalue weighted by atomic mass is 9.91. The number of rotatable bonds is 4. The second-order valence-corrected chi connectivity index (χ2v) is 7.40. The minimum atomic E-state index is 0.545. The molecule has 0 radical (unpaired) electrons. The van der Waals surface area contributed by atoms with Gasteiger partial charge in [0.1, 0.15) is 5.75 Å². The van der Waals surface area contributed by atoms with Crippen LogP contribution in [0.4, 0.5) is 0 Å². The SMILES string of the molecule is CC(NCc1cc(Br)cc2c1OCC2)C1CCCN(C)C1. The number of fused-ring (bicyclic) bond motifs is 1. The van der Waals surface area contributed by atoms with Crippen molar-refractivity contribution >= 4 is 15.9 Å². The molecule has 2 aliphatic heterocycles. The first-order chi connectivity index (χ1) is 10.1.